The molecular weight excluding hydrogens is 154 g/mol. The van der Waals surface area contributed by atoms with E-state index in [1.54, 1.807) is 7.11 Å². The summed E-state index contributed by atoms with van der Waals surface area (Å²) in [6, 6.07) is 1.99. The van der Waals surface area contributed by atoms with Crippen molar-refractivity contribution >= 4 is 0 Å². The van der Waals surface area contributed by atoms with E-state index in [4.69, 9.17) is 10.5 Å². The molecule has 0 aliphatic rings. The molecule has 0 fully saturated rings. The van der Waals surface area contributed by atoms with Crippen LogP contribution in [0.4, 0.5) is 0 Å². The topological polar surface area (TPSA) is 53.1 Å². The van der Waals surface area contributed by atoms with E-state index in [1.165, 1.54) is 0 Å². The lowest BCUT2D eigenvalue weighted by molar-refractivity contribution is 0.183. The molecule has 4 nitrogen and oxygen atoms in total. The van der Waals surface area contributed by atoms with Gasteiger partial charge in [0, 0.05) is 19.7 Å². The van der Waals surface area contributed by atoms with E-state index in [2.05, 4.69) is 5.10 Å². The Balaban J connectivity index is 2.41. The van der Waals surface area contributed by atoms with E-state index in [1.807, 2.05) is 16.9 Å². The fraction of sp³-hybridized carbons (Fsp3) is 0.625. The molecule has 0 aliphatic heterocycles. The van der Waals surface area contributed by atoms with Gasteiger partial charge in [-0.05, 0) is 12.6 Å². The third kappa shape index (κ3) is 2.64. The molecule has 0 aromatic carbocycles. The summed E-state index contributed by atoms with van der Waals surface area (Å²) >= 11 is 0. The van der Waals surface area contributed by atoms with E-state index >= 15 is 0 Å². The third-order valence-electron chi connectivity index (χ3n) is 1.62. The van der Waals surface area contributed by atoms with Crippen molar-refractivity contribution in [1.82, 2.24) is 9.78 Å². The van der Waals surface area contributed by atoms with Gasteiger partial charge in [-0.2, -0.15) is 5.10 Å². The maximum Gasteiger partial charge on any atom is 0.0658 e. The number of nitrogens with two attached hydrogens (primary N) is 1. The number of hydrogen-bond donors (Lipinski definition) is 1. The highest BCUT2D eigenvalue weighted by Crippen LogP contribution is 1.95. The smallest absolute Gasteiger partial charge is 0.0658 e. The first-order valence-electron chi connectivity index (χ1n) is 4.08. The molecule has 0 bridgehead atoms. The minimum Gasteiger partial charge on any atom is -0.383 e. The van der Waals surface area contributed by atoms with Gasteiger partial charge in [0.1, 0.15) is 0 Å². The number of rotatable bonds is 5. The molecule has 0 aliphatic carbocycles. The molecule has 0 amide bonds. The minimum absolute atomic E-state index is 0.654. The van der Waals surface area contributed by atoms with Gasteiger partial charge in [0.2, 0.25) is 0 Å². The van der Waals surface area contributed by atoms with Crippen LogP contribution in [0.5, 0.6) is 0 Å². The van der Waals surface area contributed by atoms with Crippen molar-refractivity contribution in [3.8, 4) is 0 Å². The van der Waals surface area contributed by atoms with Crippen molar-refractivity contribution in [2.45, 2.75) is 13.0 Å². The van der Waals surface area contributed by atoms with Gasteiger partial charge >= 0.3 is 0 Å². The van der Waals surface area contributed by atoms with Crippen LogP contribution in [0.3, 0.4) is 0 Å². The highest BCUT2D eigenvalue weighted by atomic mass is 16.5. The van der Waals surface area contributed by atoms with E-state index < -0.39 is 0 Å². The van der Waals surface area contributed by atoms with Crippen LogP contribution in [-0.4, -0.2) is 30.0 Å². The second-order valence-electron chi connectivity index (χ2n) is 2.60. The molecule has 1 heterocycles. The molecule has 1 rings (SSSR count). The SMILES string of the molecule is COCCn1ccc(CCN)n1. The molecule has 4 heteroatoms. The molecule has 1 aromatic rings. The Labute approximate surface area is 72.3 Å². The van der Waals surface area contributed by atoms with Crippen molar-refractivity contribution in [2.24, 2.45) is 5.73 Å². The Morgan fingerprint density at radius 2 is 2.50 bits per heavy atom. The van der Waals surface area contributed by atoms with Gasteiger partial charge in [0.05, 0.1) is 18.8 Å². The first-order valence-corrected chi connectivity index (χ1v) is 4.08. The summed E-state index contributed by atoms with van der Waals surface area (Å²) < 4.78 is 6.80. The van der Waals surface area contributed by atoms with E-state index in [0.717, 1.165) is 18.7 Å². The summed E-state index contributed by atoms with van der Waals surface area (Å²) in [4.78, 5) is 0. The lowest BCUT2D eigenvalue weighted by atomic mass is 10.3. The number of aromatic nitrogens is 2. The van der Waals surface area contributed by atoms with Gasteiger partial charge in [-0.25, -0.2) is 0 Å². The highest BCUT2D eigenvalue weighted by Gasteiger charge is 1.96. The molecule has 1 aromatic heterocycles. The van der Waals surface area contributed by atoms with E-state index in [0.29, 0.717) is 13.2 Å². The number of methoxy groups -OCH3 is 1. The average molecular weight is 169 g/mol. The van der Waals surface area contributed by atoms with Crippen molar-refractivity contribution in [3.63, 3.8) is 0 Å². The molecule has 0 atom stereocenters. The van der Waals surface area contributed by atoms with Gasteiger partial charge in [0.25, 0.3) is 0 Å². The van der Waals surface area contributed by atoms with Crippen LogP contribution in [0.15, 0.2) is 12.3 Å². The molecule has 68 valence electrons. The van der Waals surface area contributed by atoms with Crippen LogP contribution in [0.2, 0.25) is 0 Å². The molecule has 0 radical (unpaired) electrons. The van der Waals surface area contributed by atoms with Crippen molar-refractivity contribution in [3.05, 3.63) is 18.0 Å². The molecule has 0 saturated heterocycles. The summed E-state index contributed by atoms with van der Waals surface area (Å²) in [5.41, 5.74) is 6.45. The zero-order chi connectivity index (χ0) is 8.81. The van der Waals surface area contributed by atoms with Gasteiger partial charge in [-0.3, -0.25) is 4.68 Å². The third-order valence-corrected chi connectivity index (χ3v) is 1.62. The zero-order valence-corrected chi connectivity index (χ0v) is 7.36. The quantitative estimate of drug-likeness (QED) is 0.676. The van der Waals surface area contributed by atoms with Crippen LogP contribution >= 0.6 is 0 Å². The number of hydrogen-bond acceptors (Lipinski definition) is 3. The van der Waals surface area contributed by atoms with Crippen LogP contribution in [0.25, 0.3) is 0 Å². The average Bonchev–Trinajstić information content (AvgIpc) is 2.50. The summed E-state index contributed by atoms with van der Waals surface area (Å²) in [5.74, 6) is 0. The summed E-state index contributed by atoms with van der Waals surface area (Å²) in [5, 5.41) is 4.29. The Bertz CT molecular complexity index is 222. The predicted molar refractivity (Wildman–Crippen MR) is 46.9 cm³/mol. The van der Waals surface area contributed by atoms with Crippen LogP contribution in [0.1, 0.15) is 5.69 Å². The summed E-state index contributed by atoms with van der Waals surface area (Å²) in [7, 11) is 1.68. The lowest BCUT2D eigenvalue weighted by Gasteiger charge is -1.98. The lowest BCUT2D eigenvalue weighted by Crippen LogP contribution is -2.07. The molecule has 2 N–H and O–H groups in total. The predicted octanol–water partition coefficient (Wildman–Crippen LogP) is 0.0307. The normalized spacial score (nSPS) is 10.5. The molecular formula is C8H15N3O. The maximum atomic E-state index is 5.40. The van der Waals surface area contributed by atoms with Crippen LogP contribution < -0.4 is 5.73 Å². The highest BCUT2D eigenvalue weighted by molar-refractivity contribution is 4.99. The van der Waals surface area contributed by atoms with Crippen molar-refractivity contribution in [1.29, 1.82) is 0 Å². The molecule has 0 saturated carbocycles. The Morgan fingerprint density at radius 3 is 3.17 bits per heavy atom. The second-order valence-corrected chi connectivity index (χ2v) is 2.60. The molecule has 12 heavy (non-hydrogen) atoms. The maximum absolute atomic E-state index is 5.40. The number of ether oxygens (including phenoxy) is 1. The fourth-order valence-electron chi connectivity index (χ4n) is 0.994. The van der Waals surface area contributed by atoms with Gasteiger partial charge < -0.3 is 10.5 Å². The largest absolute Gasteiger partial charge is 0.383 e. The Hall–Kier alpha value is -0.870. The first kappa shape index (κ1) is 9.22. The number of nitrogens with zero attached hydrogens (tertiary/aromatic N) is 2. The summed E-state index contributed by atoms with van der Waals surface area (Å²) in [6.07, 6.45) is 2.80. The molecule has 0 spiro atoms. The second kappa shape index (κ2) is 4.90. The Kier molecular flexibility index (Phi) is 3.76. The van der Waals surface area contributed by atoms with Gasteiger partial charge in [-0.1, -0.05) is 0 Å². The van der Waals surface area contributed by atoms with Crippen LogP contribution in [-0.2, 0) is 17.7 Å². The zero-order valence-electron chi connectivity index (χ0n) is 7.36. The van der Waals surface area contributed by atoms with E-state index in [9.17, 15) is 0 Å². The van der Waals surface area contributed by atoms with Gasteiger partial charge in [-0.15, -0.1) is 0 Å². The van der Waals surface area contributed by atoms with Crippen LogP contribution in [0, 0.1) is 0 Å². The monoisotopic (exact) mass is 169 g/mol. The fourth-order valence-corrected chi connectivity index (χ4v) is 0.994. The van der Waals surface area contributed by atoms with Gasteiger partial charge in [0.15, 0.2) is 0 Å². The summed E-state index contributed by atoms with van der Waals surface area (Å²) in [6.45, 7) is 2.16. The van der Waals surface area contributed by atoms with E-state index in [-0.39, 0.29) is 0 Å². The molecule has 0 unspecified atom stereocenters. The van der Waals surface area contributed by atoms with Crippen molar-refractivity contribution in [2.75, 3.05) is 20.3 Å². The first-order chi connectivity index (χ1) is 5.86. The minimum atomic E-state index is 0.654. The van der Waals surface area contributed by atoms with Crippen molar-refractivity contribution < 1.29 is 4.74 Å². The Morgan fingerprint density at radius 1 is 1.67 bits per heavy atom. The standard InChI is InChI=1S/C8H15N3O/c1-12-7-6-11-5-3-8(10-11)2-4-9/h3,5H,2,4,6-7,9H2,1H3.